The van der Waals surface area contributed by atoms with Crippen LogP contribution in [0.4, 0.5) is 0 Å². The first-order valence-corrected chi connectivity index (χ1v) is 18.5. The fourth-order valence-electron chi connectivity index (χ4n) is 9.41. The molecule has 0 unspecified atom stereocenters. The first-order chi connectivity index (χ1) is 24.3. The molecule has 0 heterocycles. The highest BCUT2D eigenvalue weighted by molar-refractivity contribution is 6.31. The molecule has 0 radical (unpaired) electrons. The smallest absolute Gasteiger partial charge is 0.0159 e. The van der Waals surface area contributed by atoms with E-state index in [0.29, 0.717) is 0 Å². The van der Waals surface area contributed by atoms with Crippen molar-refractivity contribution in [3.05, 3.63) is 154 Å². The van der Waals surface area contributed by atoms with E-state index in [2.05, 4.69) is 178 Å². The van der Waals surface area contributed by atoms with Gasteiger partial charge in [-0.1, -0.05) is 132 Å². The first kappa shape index (κ1) is 31.8. The Morgan fingerprint density at radius 3 is 1.59 bits per heavy atom. The fraction of sp³-hybridized carbons (Fsp3) is 0.216. The van der Waals surface area contributed by atoms with E-state index in [1.165, 1.54) is 116 Å². The molecule has 250 valence electrons. The summed E-state index contributed by atoms with van der Waals surface area (Å²) in [6, 6.07) is 44.5. The van der Waals surface area contributed by atoms with Gasteiger partial charge in [0.15, 0.2) is 0 Å². The van der Waals surface area contributed by atoms with Gasteiger partial charge < -0.3 is 0 Å². The highest BCUT2D eigenvalue weighted by Crippen LogP contribution is 2.55. The minimum atomic E-state index is -0.193. The molecule has 0 aliphatic heterocycles. The minimum Gasteiger partial charge on any atom is -0.0617 e. The van der Waals surface area contributed by atoms with Crippen molar-refractivity contribution in [3.63, 3.8) is 0 Å². The maximum Gasteiger partial charge on any atom is 0.0159 e. The molecule has 0 nitrogen and oxygen atoms in total. The van der Waals surface area contributed by atoms with Crippen LogP contribution in [0.3, 0.4) is 0 Å². The summed E-state index contributed by atoms with van der Waals surface area (Å²) in [5.41, 5.74) is 20.0. The van der Waals surface area contributed by atoms with Crippen molar-refractivity contribution < 1.29 is 0 Å². The molecule has 0 bridgehead atoms. The van der Waals surface area contributed by atoms with Gasteiger partial charge in [-0.05, 0) is 167 Å². The quantitative estimate of drug-likeness (QED) is 0.166. The Hall–Kier alpha value is -5.20. The van der Waals surface area contributed by atoms with E-state index in [-0.39, 0.29) is 10.8 Å². The third-order valence-corrected chi connectivity index (χ3v) is 12.1. The molecule has 1 aliphatic carbocycles. The highest BCUT2D eigenvalue weighted by atomic mass is 14.4. The van der Waals surface area contributed by atoms with Crippen molar-refractivity contribution in [2.45, 2.75) is 73.1 Å². The fourth-order valence-corrected chi connectivity index (χ4v) is 9.41. The lowest BCUT2D eigenvalue weighted by atomic mass is 9.66. The third-order valence-electron chi connectivity index (χ3n) is 12.1. The molecule has 9 rings (SSSR count). The minimum absolute atomic E-state index is 0.130. The van der Waals surface area contributed by atoms with Gasteiger partial charge in [0.2, 0.25) is 0 Å². The zero-order valence-corrected chi connectivity index (χ0v) is 31.5. The van der Waals surface area contributed by atoms with Gasteiger partial charge >= 0.3 is 0 Å². The average Bonchev–Trinajstić information content (AvgIpc) is 3.10. The molecule has 0 fully saturated rings. The maximum atomic E-state index is 2.53. The molecular weight excluding hydrogens is 613 g/mol. The second-order valence-corrected chi connectivity index (χ2v) is 16.8. The molecule has 0 saturated carbocycles. The number of hydrogen-bond acceptors (Lipinski definition) is 0. The van der Waals surface area contributed by atoms with Gasteiger partial charge in [0.05, 0.1) is 0 Å². The van der Waals surface area contributed by atoms with E-state index >= 15 is 0 Å². The van der Waals surface area contributed by atoms with Gasteiger partial charge in [0.1, 0.15) is 0 Å². The molecule has 0 spiro atoms. The highest BCUT2D eigenvalue weighted by Gasteiger charge is 2.36. The van der Waals surface area contributed by atoms with Crippen LogP contribution >= 0.6 is 0 Å². The zero-order chi connectivity index (χ0) is 35.6. The van der Waals surface area contributed by atoms with Gasteiger partial charge in [0, 0.05) is 5.41 Å². The number of rotatable bonds is 3. The summed E-state index contributed by atoms with van der Waals surface area (Å²) in [4.78, 5) is 0. The van der Waals surface area contributed by atoms with E-state index in [1.807, 2.05) is 0 Å². The lowest BCUT2D eigenvalue weighted by Crippen LogP contribution is -2.24. The summed E-state index contributed by atoms with van der Waals surface area (Å²) in [5, 5.41) is 8.21. The summed E-state index contributed by atoms with van der Waals surface area (Å²) < 4.78 is 0. The predicted molar refractivity (Wildman–Crippen MR) is 222 cm³/mol. The lowest BCUT2D eigenvalue weighted by molar-refractivity contribution is 0.590. The van der Waals surface area contributed by atoms with Crippen LogP contribution in [0, 0.1) is 27.7 Å². The van der Waals surface area contributed by atoms with Crippen LogP contribution in [0.2, 0.25) is 0 Å². The van der Waals surface area contributed by atoms with Crippen molar-refractivity contribution in [1.29, 1.82) is 0 Å². The Bertz CT molecular complexity index is 2670. The van der Waals surface area contributed by atoms with E-state index in [4.69, 9.17) is 0 Å². The van der Waals surface area contributed by atoms with Crippen molar-refractivity contribution in [3.8, 4) is 44.5 Å². The number of fused-ring (bicyclic) bond motifs is 2. The van der Waals surface area contributed by atoms with Crippen LogP contribution in [-0.4, -0.2) is 0 Å². The van der Waals surface area contributed by atoms with Gasteiger partial charge in [-0.15, -0.1) is 0 Å². The Morgan fingerprint density at radius 1 is 0.431 bits per heavy atom. The summed E-state index contributed by atoms with van der Waals surface area (Å²) in [7, 11) is 0. The van der Waals surface area contributed by atoms with Gasteiger partial charge in [-0.25, -0.2) is 0 Å². The number of aryl methyl sites for hydroxylation is 4. The normalized spacial score (nSPS) is 13.7. The molecule has 1 aliphatic rings. The topological polar surface area (TPSA) is 0 Å². The Kier molecular flexibility index (Phi) is 6.79. The molecular formula is C51H46. The molecule has 0 saturated heterocycles. The molecule has 0 N–H and O–H groups in total. The predicted octanol–water partition coefficient (Wildman–Crippen LogP) is 14.4. The van der Waals surface area contributed by atoms with Crippen LogP contribution < -0.4 is 0 Å². The molecule has 8 aromatic carbocycles. The van der Waals surface area contributed by atoms with Gasteiger partial charge in [-0.2, -0.15) is 0 Å². The van der Waals surface area contributed by atoms with E-state index in [0.717, 1.165) is 0 Å². The van der Waals surface area contributed by atoms with E-state index in [1.54, 1.807) is 0 Å². The Labute approximate surface area is 303 Å². The lowest BCUT2D eigenvalue weighted by Gasteiger charge is -2.37. The molecule has 0 aromatic heterocycles. The monoisotopic (exact) mass is 658 g/mol. The van der Waals surface area contributed by atoms with E-state index in [9.17, 15) is 0 Å². The molecule has 0 atom stereocenters. The van der Waals surface area contributed by atoms with Crippen LogP contribution in [0.1, 0.15) is 73.6 Å². The standard InChI is InChI=1S/C51H46/c1-29-12-10-13-30(2)45(29)38-23-19-35-27-44-48-41(28-42(46-31(3)14-11-15-32(46)4)40-25-24-39(38)47(35)49(40)48)37-22-18-34(26-43(37)51(44,8)9)33-16-20-36(21-17-33)50(5,6)7/h10-28H,1-9H3. The summed E-state index contributed by atoms with van der Waals surface area (Å²) in [5.74, 6) is 0. The van der Waals surface area contributed by atoms with Gasteiger partial charge in [-0.3, -0.25) is 0 Å². The Morgan fingerprint density at radius 2 is 0.980 bits per heavy atom. The van der Waals surface area contributed by atoms with Crippen LogP contribution in [0.25, 0.3) is 76.8 Å². The molecule has 0 amide bonds. The van der Waals surface area contributed by atoms with Crippen molar-refractivity contribution >= 4 is 32.3 Å². The summed E-state index contributed by atoms with van der Waals surface area (Å²) in [6.45, 7) is 20.8. The summed E-state index contributed by atoms with van der Waals surface area (Å²) in [6.07, 6.45) is 0. The summed E-state index contributed by atoms with van der Waals surface area (Å²) >= 11 is 0. The molecule has 8 aromatic rings. The largest absolute Gasteiger partial charge is 0.0617 e. The van der Waals surface area contributed by atoms with Gasteiger partial charge in [0.25, 0.3) is 0 Å². The van der Waals surface area contributed by atoms with Crippen molar-refractivity contribution in [2.24, 2.45) is 0 Å². The van der Waals surface area contributed by atoms with Crippen LogP contribution in [-0.2, 0) is 10.8 Å². The first-order valence-electron chi connectivity index (χ1n) is 18.5. The zero-order valence-electron chi connectivity index (χ0n) is 31.5. The molecule has 0 heteroatoms. The Balaban J connectivity index is 1.40. The number of benzene rings is 8. The molecule has 51 heavy (non-hydrogen) atoms. The van der Waals surface area contributed by atoms with E-state index < -0.39 is 0 Å². The van der Waals surface area contributed by atoms with Crippen molar-refractivity contribution in [2.75, 3.05) is 0 Å². The maximum absolute atomic E-state index is 2.53. The second-order valence-electron chi connectivity index (χ2n) is 16.8. The van der Waals surface area contributed by atoms with Crippen molar-refractivity contribution in [1.82, 2.24) is 0 Å². The third kappa shape index (κ3) is 4.58. The van der Waals surface area contributed by atoms with Crippen LogP contribution in [0.5, 0.6) is 0 Å². The second kappa shape index (κ2) is 10.9. The number of hydrogen-bond donors (Lipinski definition) is 0. The average molecular weight is 659 g/mol. The van der Waals surface area contributed by atoms with Crippen LogP contribution in [0.15, 0.2) is 115 Å². The SMILES string of the molecule is Cc1cccc(C)c1-c1ccc2cc3c4c(cc(-c5c(C)cccc5C)c5ccc1c2c54)-c1ccc(-c2ccc(C(C)(C)C)cc2)cc1C3(C)C.